The molecule has 0 fully saturated rings. The standard InChI is InChI=1S/C16H20N4O4S/c1-3-4-11-25(22,23)20-15-10-9-14(18-19-15)17-13-7-5-12(6-8-13)16(21)24-2/h5-10H,3-4,11H2,1-2H3,(H,17,18)(H,19,20). The Morgan fingerprint density at radius 3 is 2.28 bits per heavy atom. The Bertz CT molecular complexity index is 805. The van der Waals surface area contributed by atoms with Crippen LogP contribution in [0.5, 0.6) is 0 Å². The van der Waals surface area contributed by atoms with Gasteiger partial charge in [-0.25, -0.2) is 13.2 Å². The van der Waals surface area contributed by atoms with Gasteiger partial charge < -0.3 is 10.1 Å². The zero-order chi connectivity index (χ0) is 18.3. The van der Waals surface area contributed by atoms with Gasteiger partial charge >= 0.3 is 5.97 Å². The van der Waals surface area contributed by atoms with E-state index in [1.165, 1.54) is 13.2 Å². The lowest BCUT2D eigenvalue weighted by atomic mass is 10.2. The molecule has 25 heavy (non-hydrogen) atoms. The van der Waals surface area contributed by atoms with Crippen LogP contribution in [0.1, 0.15) is 30.1 Å². The van der Waals surface area contributed by atoms with E-state index in [1.807, 2.05) is 6.92 Å². The van der Waals surface area contributed by atoms with Crippen LogP contribution >= 0.6 is 0 Å². The summed E-state index contributed by atoms with van der Waals surface area (Å²) in [5, 5.41) is 10.8. The van der Waals surface area contributed by atoms with Gasteiger partial charge in [0.25, 0.3) is 0 Å². The second-order valence-electron chi connectivity index (χ2n) is 5.27. The molecule has 0 saturated carbocycles. The van der Waals surface area contributed by atoms with Crippen molar-refractivity contribution in [3.05, 3.63) is 42.0 Å². The number of unbranched alkanes of at least 4 members (excludes halogenated alkanes) is 1. The molecule has 2 N–H and O–H groups in total. The van der Waals surface area contributed by atoms with E-state index in [2.05, 4.69) is 25.0 Å². The van der Waals surface area contributed by atoms with Gasteiger partial charge in [-0.15, -0.1) is 10.2 Å². The quantitative estimate of drug-likeness (QED) is 0.693. The van der Waals surface area contributed by atoms with E-state index >= 15 is 0 Å². The van der Waals surface area contributed by atoms with Crippen molar-refractivity contribution in [2.75, 3.05) is 22.9 Å². The van der Waals surface area contributed by atoms with Crippen LogP contribution in [0.25, 0.3) is 0 Å². The van der Waals surface area contributed by atoms with E-state index in [0.717, 1.165) is 6.42 Å². The van der Waals surface area contributed by atoms with Gasteiger partial charge in [-0.1, -0.05) is 13.3 Å². The maximum absolute atomic E-state index is 11.8. The first-order valence-electron chi connectivity index (χ1n) is 7.73. The molecule has 0 radical (unpaired) electrons. The molecule has 1 aromatic heterocycles. The summed E-state index contributed by atoms with van der Waals surface area (Å²) in [7, 11) is -2.08. The monoisotopic (exact) mass is 364 g/mol. The molecule has 9 heteroatoms. The molecule has 0 saturated heterocycles. The van der Waals surface area contributed by atoms with Crippen molar-refractivity contribution in [3.8, 4) is 0 Å². The summed E-state index contributed by atoms with van der Waals surface area (Å²) in [6.45, 7) is 1.92. The topological polar surface area (TPSA) is 110 Å². The maximum atomic E-state index is 11.8. The third-order valence-corrected chi connectivity index (χ3v) is 4.62. The van der Waals surface area contributed by atoms with Gasteiger partial charge in [0.15, 0.2) is 11.6 Å². The molecular formula is C16H20N4O4S. The number of hydrogen-bond donors (Lipinski definition) is 2. The van der Waals surface area contributed by atoms with Crippen LogP contribution < -0.4 is 10.0 Å². The zero-order valence-corrected chi connectivity index (χ0v) is 14.8. The van der Waals surface area contributed by atoms with E-state index in [0.29, 0.717) is 23.5 Å². The fraction of sp³-hybridized carbons (Fsp3) is 0.312. The molecule has 0 aliphatic rings. The van der Waals surface area contributed by atoms with Crippen molar-refractivity contribution in [2.24, 2.45) is 0 Å². The van der Waals surface area contributed by atoms with Crippen molar-refractivity contribution < 1.29 is 17.9 Å². The molecule has 0 unspecified atom stereocenters. The molecular weight excluding hydrogens is 344 g/mol. The second kappa shape index (κ2) is 8.43. The van der Waals surface area contributed by atoms with Gasteiger partial charge in [0.1, 0.15) is 0 Å². The smallest absolute Gasteiger partial charge is 0.337 e. The molecule has 0 bridgehead atoms. The molecule has 1 aromatic carbocycles. The van der Waals surface area contributed by atoms with Crippen LogP contribution in [0.4, 0.5) is 17.3 Å². The minimum atomic E-state index is -3.40. The summed E-state index contributed by atoms with van der Waals surface area (Å²) < 4.78 is 30.7. The molecule has 2 rings (SSSR count). The normalized spacial score (nSPS) is 11.0. The molecule has 0 aliphatic carbocycles. The highest BCUT2D eigenvalue weighted by Crippen LogP contribution is 2.16. The third kappa shape index (κ3) is 5.71. The van der Waals surface area contributed by atoms with E-state index in [1.54, 1.807) is 30.3 Å². The van der Waals surface area contributed by atoms with E-state index < -0.39 is 16.0 Å². The number of aromatic nitrogens is 2. The fourth-order valence-electron chi connectivity index (χ4n) is 1.95. The Hall–Kier alpha value is -2.68. The van der Waals surface area contributed by atoms with Crippen LogP contribution in [0, 0.1) is 0 Å². The Kier molecular flexibility index (Phi) is 6.29. The number of sulfonamides is 1. The number of nitrogens with zero attached hydrogens (tertiary/aromatic N) is 2. The molecule has 8 nitrogen and oxygen atoms in total. The Labute approximate surface area is 146 Å². The van der Waals surface area contributed by atoms with Crippen molar-refractivity contribution >= 4 is 33.3 Å². The average Bonchev–Trinajstić information content (AvgIpc) is 2.61. The number of carbonyl (C=O) groups excluding carboxylic acids is 1. The van der Waals surface area contributed by atoms with Crippen LogP contribution in [-0.4, -0.2) is 37.4 Å². The first-order valence-corrected chi connectivity index (χ1v) is 9.38. The summed E-state index contributed by atoms with van der Waals surface area (Å²) in [6.07, 6.45) is 1.38. The van der Waals surface area contributed by atoms with Gasteiger partial charge in [-0.05, 0) is 42.8 Å². The lowest BCUT2D eigenvalue weighted by molar-refractivity contribution is 0.0601. The minimum absolute atomic E-state index is 0.0533. The highest BCUT2D eigenvalue weighted by Gasteiger charge is 2.11. The SMILES string of the molecule is CCCCS(=O)(=O)Nc1ccc(Nc2ccc(C(=O)OC)cc2)nn1. The Morgan fingerprint density at radius 2 is 1.72 bits per heavy atom. The largest absolute Gasteiger partial charge is 0.465 e. The highest BCUT2D eigenvalue weighted by molar-refractivity contribution is 7.92. The molecule has 2 aromatic rings. The van der Waals surface area contributed by atoms with Gasteiger partial charge in [0, 0.05) is 5.69 Å². The van der Waals surface area contributed by atoms with Gasteiger partial charge in [-0.2, -0.15) is 0 Å². The summed E-state index contributed by atoms with van der Waals surface area (Å²) in [4.78, 5) is 11.4. The van der Waals surface area contributed by atoms with Crippen molar-refractivity contribution in [1.29, 1.82) is 0 Å². The number of esters is 1. The lowest BCUT2D eigenvalue weighted by Crippen LogP contribution is -2.17. The molecule has 1 heterocycles. The van der Waals surface area contributed by atoms with E-state index in [4.69, 9.17) is 0 Å². The lowest BCUT2D eigenvalue weighted by Gasteiger charge is -2.08. The van der Waals surface area contributed by atoms with E-state index in [9.17, 15) is 13.2 Å². The second-order valence-corrected chi connectivity index (χ2v) is 7.11. The van der Waals surface area contributed by atoms with Crippen LogP contribution in [0.3, 0.4) is 0 Å². The first kappa shape index (κ1) is 18.7. The summed E-state index contributed by atoms with van der Waals surface area (Å²) in [6, 6.07) is 9.79. The van der Waals surface area contributed by atoms with Gasteiger partial charge in [-0.3, -0.25) is 4.72 Å². The van der Waals surface area contributed by atoms with Crippen LogP contribution in [0.15, 0.2) is 36.4 Å². The number of ether oxygens (including phenoxy) is 1. The number of benzene rings is 1. The van der Waals surface area contributed by atoms with Crippen LogP contribution in [-0.2, 0) is 14.8 Å². The minimum Gasteiger partial charge on any atom is -0.465 e. The zero-order valence-electron chi connectivity index (χ0n) is 14.0. The Balaban J connectivity index is 1.99. The predicted octanol–water partition coefficient (Wildman–Crippen LogP) is 2.55. The third-order valence-electron chi connectivity index (χ3n) is 3.27. The molecule has 0 aliphatic heterocycles. The van der Waals surface area contributed by atoms with Crippen molar-refractivity contribution in [2.45, 2.75) is 19.8 Å². The number of anilines is 3. The summed E-state index contributed by atoms with van der Waals surface area (Å²) >= 11 is 0. The van der Waals surface area contributed by atoms with Gasteiger partial charge in [0.2, 0.25) is 10.0 Å². The predicted molar refractivity (Wildman–Crippen MR) is 95.4 cm³/mol. The number of rotatable bonds is 8. The number of methoxy groups -OCH3 is 1. The van der Waals surface area contributed by atoms with E-state index in [-0.39, 0.29) is 11.6 Å². The van der Waals surface area contributed by atoms with Crippen molar-refractivity contribution in [1.82, 2.24) is 10.2 Å². The van der Waals surface area contributed by atoms with Crippen molar-refractivity contribution in [3.63, 3.8) is 0 Å². The number of carbonyl (C=O) groups is 1. The first-order chi connectivity index (χ1) is 11.9. The average molecular weight is 364 g/mol. The molecule has 0 spiro atoms. The number of hydrogen-bond acceptors (Lipinski definition) is 7. The number of nitrogens with one attached hydrogen (secondary N) is 2. The van der Waals surface area contributed by atoms with Crippen LogP contribution in [0.2, 0.25) is 0 Å². The highest BCUT2D eigenvalue weighted by atomic mass is 32.2. The fourth-order valence-corrected chi connectivity index (χ4v) is 3.15. The summed E-state index contributed by atoms with van der Waals surface area (Å²) in [5.41, 5.74) is 1.15. The molecule has 134 valence electrons. The van der Waals surface area contributed by atoms with Gasteiger partial charge in [0.05, 0.1) is 18.4 Å². The molecule has 0 atom stereocenters. The molecule has 0 amide bonds. The maximum Gasteiger partial charge on any atom is 0.337 e. The Morgan fingerprint density at radius 1 is 1.08 bits per heavy atom. The summed E-state index contributed by atoms with van der Waals surface area (Å²) in [5.74, 6) is 0.258.